The molecule has 5 heteroatoms. The second-order valence-electron chi connectivity index (χ2n) is 7.31. The molecule has 0 unspecified atom stereocenters. The van der Waals surface area contributed by atoms with Crippen molar-refractivity contribution in [3.63, 3.8) is 0 Å². The zero-order chi connectivity index (χ0) is 16.9. The maximum Gasteiger partial charge on any atom is 0.407 e. The van der Waals surface area contributed by atoms with Gasteiger partial charge in [0.25, 0.3) is 0 Å². The third-order valence-corrected chi connectivity index (χ3v) is 4.09. The molecule has 1 amide bonds. The van der Waals surface area contributed by atoms with Gasteiger partial charge >= 0.3 is 6.09 Å². The molecule has 1 N–H and O–H groups in total. The summed E-state index contributed by atoms with van der Waals surface area (Å²) < 4.78 is 5.31. The second-order valence-corrected chi connectivity index (χ2v) is 7.31. The van der Waals surface area contributed by atoms with E-state index in [0.717, 1.165) is 32.2 Å². The van der Waals surface area contributed by atoms with E-state index in [1.165, 1.54) is 5.56 Å². The number of rotatable bonds is 4. The van der Waals surface area contributed by atoms with E-state index >= 15 is 0 Å². The SMILES string of the molecule is [B]N(Cc1ccccc1)C1CCC(NC(=O)OC(C)(C)C)CC1. The molecule has 1 aromatic rings. The Hall–Kier alpha value is -1.49. The molecule has 1 aliphatic rings. The Balaban J connectivity index is 1.74. The fraction of sp³-hybridized carbons (Fsp3) is 0.611. The van der Waals surface area contributed by atoms with Crippen LogP contribution in [0.5, 0.6) is 0 Å². The van der Waals surface area contributed by atoms with Gasteiger partial charge in [-0.25, -0.2) is 4.79 Å². The van der Waals surface area contributed by atoms with Gasteiger partial charge < -0.3 is 14.9 Å². The topological polar surface area (TPSA) is 41.6 Å². The molecule has 1 saturated carbocycles. The molecule has 0 atom stereocenters. The van der Waals surface area contributed by atoms with Crippen molar-refractivity contribution in [1.82, 2.24) is 10.1 Å². The summed E-state index contributed by atoms with van der Waals surface area (Å²) in [7, 11) is 6.23. The quantitative estimate of drug-likeness (QED) is 0.866. The first-order valence-corrected chi connectivity index (χ1v) is 8.38. The highest BCUT2D eigenvalue weighted by atomic mass is 16.6. The molecule has 1 fully saturated rings. The largest absolute Gasteiger partial charge is 0.444 e. The molecule has 0 aliphatic heterocycles. The van der Waals surface area contributed by atoms with Gasteiger partial charge in [-0.2, -0.15) is 0 Å². The minimum atomic E-state index is -0.453. The van der Waals surface area contributed by atoms with Gasteiger partial charge in [0.1, 0.15) is 5.60 Å². The van der Waals surface area contributed by atoms with Crippen LogP contribution in [0.15, 0.2) is 30.3 Å². The lowest BCUT2D eigenvalue weighted by Gasteiger charge is -2.35. The van der Waals surface area contributed by atoms with Crippen molar-refractivity contribution in [2.45, 2.75) is 70.7 Å². The van der Waals surface area contributed by atoms with Crippen molar-refractivity contribution in [3.05, 3.63) is 35.9 Å². The van der Waals surface area contributed by atoms with Crippen LogP contribution >= 0.6 is 0 Å². The molecule has 0 bridgehead atoms. The highest BCUT2D eigenvalue weighted by Crippen LogP contribution is 2.23. The van der Waals surface area contributed by atoms with Gasteiger partial charge in [0.15, 0.2) is 7.98 Å². The van der Waals surface area contributed by atoms with Gasteiger partial charge in [0, 0.05) is 12.6 Å². The van der Waals surface area contributed by atoms with Gasteiger partial charge in [-0.05, 0) is 58.1 Å². The van der Waals surface area contributed by atoms with Gasteiger partial charge in [0.05, 0.1) is 0 Å². The lowest BCUT2D eigenvalue weighted by molar-refractivity contribution is 0.0485. The van der Waals surface area contributed by atoms with Crippen LogP contribution < -0.4 is 5.32 Å². The summed E-state index contributed by atoms with van der Waals surface area (Å²) in [4.78, 5) is 13.7. The van der Waals surface area contributed by atoms with Crippen LogP contribution in [0.4, 0.5) is 4.79 Å². The number of alkyl carbamates (subject to hydrolysis) is 1. The predicted octanol–water partition coefficient (Wildman–Crippen LogP) is 3.41. The highest BCUT2D eigenvalue weighted by Gasteiger charge is 2.26. The van der Waals surface area contributed by atoms with Crippen molar-refractivity contribution < 1.29 is 9.53 Å². The Morgan fingerprint density at radius 3 is 2.39 bits per heavy atom. The summed E-state index contributed by atoms with van der Waals surface area (Å²) in [5.74, 6) is 0. The molecular formula is C18H27BN2O2. The minimum absolute atomic E-state index is 0.186. The number of carbonyl (C=O) groups is 1. The van der Waals surface area contributed by atoms with E-state index in [-0.39, 0.29) is 12.1 Å². The molecule has 0 saturated heterocycles. The molecule has 23 heavy (non-hydrogen) atoms. The fourth-order valence-corrected chi connectivity index (χ4v) is 2.95. The Morgan fingerprint density at radius 1 is 1.22 bits per heavy atom. The van der Waals surface area contributed by atoms with E-state index in [2.05, 4.69) is 17.4 Å². The highest BCUT2D eigenvalue weighted by molar-refractivity contribution is 6.04. The monoisotopic (exact) mass is 314 g/mol. The molecule has 124 valence electrons. The van der Waals surface area contributed by atoms with E-state index in [1.807, 2.05) is 43.8 Å². The molecular weight excluding hydrogens is 287 g/mol. The number of nitrogens with zero attached hydrogens (tertiary/aromatic N) is 1. The maximum atomic E-state index is 11.8. The zero-order valence-corrected chi connectivity index (χ0v) is 14.4. The van der Waals surface area contributed by atoms with Crippen molar-refractivity contribution >= 4 is 14.1 Å². The van der Waals surface area contributed by atoms with Crippen LogP contribution in [0, 0.1) is 0 Å². The lowest BCUT2D eigenvalue weighted by Crippen LogP contribution is -2.44. The number of amides is 1. The molecule has 0 aromatic heterocycles. The number of carbonyl (C=O) groups excluding carboxylic acids is 1. The van der Waals surface area contributed by atoms with Gasteiger partial charge in [-0.15, -0.1) is 0 Å². The van der Waals surface area contributed by atoms with Gasteiger partial charge in [-0.1, -0.05) is 30.3 Å². The predicted molar refractivity (Wildman–Crippen MR) is 93.2 cm³/mol. The summed E-state index contributed by atoms with van der Waals surface area (Å²) in [6.07, 6.45) is 3.53. The number of ether oxygens (including phenoxy) is 1. The third-order valence-electron chi connectivity index (χ3n) is 4.09. The standard InChI is InChI=1S/C18H27BN2O2/c1-18(2,3)23-17(22)20-15-9-11-16(12-10-15)21(19)13-14-7-5-4-6-8-14/h4-8,15-16H,9-13H2,1-3H3,(H,20,22). The summed E-state index contributed by atoms with van der Waals surface area (Å²) in [5, 5.41) is 2.96. The zero-order valence-electron chi connectivity index (χ0n) is 14.4. The summed E-state index contributed by atoms with van der Waals surface area (Å²) in [5.41, 5.74) is 0.773. The summed E-state index contributed by atoms with van der Waals surface area (Å²) >= 11 is 0. The van der Waals surface area contributed by atoms with Crippen LogP contribution in [-0.2, 0) is 11.3 Å². The summed E-state index contributed by atoms with van der Waals surface area (Å²) in [6.45, 7) is 6.38. The van der Waals surface area contributed by atoms with Crippen LogP contribution in [0.1, 0.15) is 52.0 Å². The van der Waals surface area contributed by atoms with E-state index in [9.17, 15) is 4.79 Å². The molecule has 1 aromatic carbocycles. The Kier molecular flexibility index (Phi) is 6.11. The normalized spacial score (nSPS) is 21.9. The average Bonchev–Trinajstić information content (AvgIpc) is 2.47. The second kappa shape index (κ2) is 7.87. The molecule has 1 aliphatic carbocycles. The number of hydrogen-bond acceptors (Lipinski definition) is 3. The van der Waals surface area contributed by atoms with E-state index < -0.39 is 5.60 Å². The van der Waals surface area contributed by atoms with Crippen LogP contribution in [-0.4, -0.2) is 36.6 Å². The average molecular weight is 314 g/mol. The Labute approximate surface area is 141 Å². The molecule has 0 heterocycles. The minimum Gasteiger partial charge on any atom is -0.444 e. The van der Waals surface area contributed by atoms with E-state index in [4.69, 9.17) is 12.7 Å². The Morgan fingerprint density at radius 2 is 1.83 bits per heavy atom. The van der Waals surface area contributed by atoms with Crippen LogP contribution in [0.25, 0.3) is 0 Å². The molecule has 0 spiro atoms. The smallest absolute Gasteiger partial charge is 0.407 e. The molecule has 2 radical (unpaired) electrons. The first-order valence-electron chi connectivity index (χ1n) is 8.38. The van der Waals surface area contributed by atoms with Crippen molar-refractivity contribution in [2.75, 3.05) is 0 Å². The number of nitrogens with one attached hydrogen (secondary N) is 1. The fourth-order valence-electron chi connectivity index (χ4n) is 2.95. The van der Waals surface area contributed by atoms with Crippen LogP contribution in [0.3, 0.4) is 0 Å². The first kappa shape index (κ1) is 17.9. The third kappa shape index (κ3) is 6.26. The summed E-state index contributed by atoms with van der Waals surface area (Å²) in [6, 6.07) is 10.8. The Bertz CT molecular complexity index is 493. The van der Waals surface area contributed by atoms with Crippen molar-refractivity contribution in [1.29, 1.82) is 0 Å². The van der Waals surface area contributed by atoms with Crippen LogP contribution in [0.2, 0.25) is 0 Å². The van der Waals surface area contributed by atoms with Crippen molar-refractivity contribution in [2.24, 2.45) is 0 Å². The number of hydrogen-bond donors (Lipinski definition) is 1. The van der Waals surface area contributed by atoms with Gasteiger partial charge in [-0.3, -0.25) is 0 Å². The molecule has 4 nitrogen and oxygen atoms in total. The van der Waals surface area contributed by atoms with E-state index in [0.29, 0.717) is 6.04 Å². The number of benzene rings is 1. The lowest BCUT2D eigenvalue weighted by atomic mass is 9.88. The first-order chi connectivity index (χ1) is 10.8. The molecule has 2 rings (SSSR count). The van der Waals surface area contributed by atoms with E-state index in [1.54, 1.807) is 0 Å². The maximum absolute atomic E-state index is 11.8. The van der Waals surface area contributed by atoms with Gasteiger partial charge in [0.2, 0.25) is 0 Å². The van der Waals surface area contributed by atoms with Crippen molar-refractivity contribution in [3.8, 4) is 0 Å².